The number of halogens is 1. The fourth-order valence-corrected chi connectivity index (χ4v) is 6.27. The molecule has 0 spiro atoms. The molecule has 0 bridgehead atoms. The molecule has 1 aliphatic rings. The molecule has 2 aromatic heterocycles. The van der Waals surface area contributed by atoms with Gasteiger partial charge in [-0.15, -0.1) is 21.5 Å². The number of amides is 2. The van der Waals surface area contributed by atoms with E-state index in [1.807, 2.05) is 35.8 Å². The molecular weight excluding hydrogens is 632 g/mol. The summed E-state index contributed by atoms with van der Waals surface area (Å²) < 4.78 is 18.5. The minimum Gasteiger partial charge on any atom is -0.491 e. The average molecular weight is 667 g/mol. The van der Waals surface area contributed by atoms with Crippen molar-refractivity contribution in [1.29, 1.82) is 0 Å². The molecule has 0 saturated carbocycles. The smallest absolute Gasteiger partial charge is 0.404 e. The molecule has 2 aromatic carbocycles. The molecule has 2 amide bonds. The van der Waals surface area contributed by atoms with E-state index in [9.17, 15) is 9.59 Å². The van der Waals surface area contributed by atoms with E-state index < -0.39 is 12.1 Å². The summed E-state index contributed by atoms with van der Waals surface area (Å²) in [4.78, 5) is 30.1. The van der Waals surface area contributed by atoms with E-state index >= 15 is 0 Å². The fraction of sp³-hybridized carbons (Fsp3) is 0.344. The van der Waals surface area contributed by atoms with Gasteiger partial charge in [-0.1, -0.05) is 23.7 Å². The molecular formula is C32H35ClN6O6S. The van der Waals surface area contributed by atoms with Gasteiger partial charge in [-0.2, -0.15) is 0 Å². The lowest BCUT2D eigenvalue weighted by molar-refractivity contribution is -0.116. The topological polar surface area (TPSA) is 149 Å². The molecule has 0 saturated heterocycles. The molecule has 3 heterocycles. The molecule has 14 heteroatoms. The Morgan fingerprint density at radius 3 is 2.37 bits per heavy atom. The second-order valence-electron chi connectivity index (χ2n) is 10.5. The SMILES string of the molecule is Cc1sc2c(c1C)C(c1ccc(Cl)cc1)=N[C@@H](CC(=O)Nc1ccc(OCCOCCOCCNC(=O)O)cc1)c1nnc(C)n1-2. The van der Waals surface area contributed by atoms with Crippen molar-refractivity contribution in [2.24, 2.45) is 4.99 Å². The van der Waals surface area contributed by atoms with Gasteiger partial charge in [-0.3, -0.25) is 14.4 Å². The molecule has 1 atom stereocenters. The van der Waals surface area contributed by atoms with Crippen LogP contribution in [0, 0.1) is 20.8 Å². The van der Waals surface area contributed by atoms with Crippen LogP contribution in [0.15, 0.2) is 53.5 Å². The first kappa shape index (κ1) is 33.1. The zero-order chi connectivity index (χ0) is 32.6. The Hall–Kier alpha value is -4.30. The summed E-state index contributed by atoms with van der Waals surface area (Å²) in [5.41, 5.74) is 4.47. The number of carbonyl (C=O) groups excluding carboxylic acids is 1. The predicted molar refractivity (Wildman–Crippen MR) is 176 cm³/mol. The van der Waals surface area contributed by atoms with Crippen LogP contribution in [0.4, 0.5) is 10.5 Å². The molecule has 4 aromatic rings. The van der Waals surface area contributed by atoms with E-state index in [1.54, 1.807) is 35.6 Å². The summed E-state index contributed by atoms with van der Waals surface area (Å²) in [6, 6.07) is 14.1. The van der Waals surface area contributed by atoms with E-state index in [-0.39, 0.29) is 25.5 Å². The Morgan fingerprint density at radius 2 is 1.65 bits per heavy atom. The van der Waals surface area contributed by atoms with Crippen molar-refractivity contribution in [2.45, 2.75) is 33.2 Å². The van der Waals surface area contributed by atoms with Gasteiger partial charge in [0.25, 0.3) is 0 Å². The maximum absolute atomic E-state index is 13.4. The molecule has 242 valence electrons. The Morgan fingerprint density at radius 1 is 0.957 bits per heavy atom. The molecule has 0 unspecified atom stereocenters. The quantitative estimate of drug-likeness (QED) is 0.149. The molecule has 0 fully saturated rings. The number of nitrogens with zero attached hydrogens (tertiary/aromatic N) is 4. The molecule has 12 nitrogen and oxygen atoms in total. The number of carboxylic acid groups (broad SMARTS) is 1. The summed E-state index contributed by atoms with van der Waals surface area (Å²) >= 11 is 7.86. The standard InChI is InChI=1S/C32H35ClN6O6S/c1-19-20(2)46-31-28(19)29(22-4-6-23(33)7-5-22)36-26(30-38-37-21(3)39(30)31)18-27(40)35-24-8-10-25(11-9-24)45-17-16-44-15-14-43-13-12-34-32(41)42/h4-11,26,34H,12-18H2,1-3H3,(H,35,40)(H,41,42)/t26-/m0/s1. The average Bonchev–Trinajstić information content (AvgIpc) is 3.51. The zero-order valence-electron chi connectivity index (χ0n) is 25.7. The second-order valence-corrected chi connectivity index (χ2v) is 12.1. The Bertz CT molecular complexity index is 1700. The van der Waals surface area contributed by atoms with Crippen LogP contribution >= 0.6 is 22.9 Å². The first-order valence-electron chi connectivity index (χ1n) is 14.7. The van der Waals surface area contributed by atoms with Crippen LogP contribution in [0.2, 0.25) is 5.02 Å². The van der Waals surface area contributed by atoms with Crippen molar-refractivity contribution >= 4 is 46.3 Å². The fourth-order valence-electron chi connectivity index (χ4n) is 4.93. The lowest BCUT2D eigenvalue weighted by Crippen LogP contribution is -2.25. The number of aromatic nitrogens is 3. The third-order valence-corrected chi connectivity index (χ3v) is 8.71. The highest BCUT2D eigenvalue weighted by Crippen LogP contribution is 2.39. The number of rotatable bonds is 14. The van der Waals surface area contributed by atoms with Crippen LogP contribution in [0.1, 0.15) is 45.7 Å². The molecule has 0 radical (unpaired) electrons. The van der Waals surface area contributed by atoms with Gasteiger partial charge in [0.2, 0.25) is 5.91 Å². The molecule has 1 aliphatic heterocycles. The number of fused-ring (bicyclic) bond motifs is 3. The highest BCUT2D eigenvalue weighted by Gasteiger charge is 2.32. The summed E-state index contributed by atoms with van der Waals surface area (Å²) in [7, 11) is 0. The van der Waals surface area contributed by atoms with Gasteiger partial charge < -0.3 is 30.0 Å². The number of benzene rings is 2. The van der Waals surface area contributed by atoms with Crippen molar-refractivity contribution in [2.75, 3.05) is 44.9 Å². The van der Waals surface area contributed by atoms with E-state index in [0.29, 0.717) is 48.7 Å². The number of hydrogen-bond donors (Lipinski definition) is 3. The summed E-state index contributed by atoms with van der Waals surface area (Å²) in [5.74, 6) is 1.78. The summed E-state index contributed by atoms with van der Waals surface area (Å²) in [5, 5.41) is 24.2. The Kier molecular flexibility index (Phi) is 11.0. The van der Waals surface area contributed by atoms with Crippen LogP contribution in [0.25, 0.3) is 5.00 Å². The lowest BCUT2D eigenvalue weighted by atomic mass is 9.99. The van der Waals surface area contributed by atoms with Crippen LogP contribution in [-0.2, 0) is 14.3 Å². The Labute approximate surface area is 275 Å². The third kappa shape index (κ3) is 8.10. The normalized spacial score (nSPS) is 13.7. The largest absolute Gasteiger partial charge is 0.491 e. The van der Waals surface area contributed by atoms with Gasteiger partial charge >= 0.3 is 6.09 Å². The van der Waals surface area contributed by atoms with Gasteiger partial charge in [0.15, 0.2) is 5.82 Å². The number of hydrogen-bond acceptors (Lipinski definition) is 9. The number of ether oxygens (including phenoxy) is 3. The van der Waals surface area contributed by atoms with Gasteiger partial charge in [0.1, 0.15) is 29.2 Å². The summed E-state index contributed by atoms with van der Waals surface area (Å²) in [6.45, 7) is 8.03. The molecule has 46 heavy (non-hydrogen) atoms. The second kappa shape index (κ2) is 15.3. The summed E-state index contributed by atoms with van der Waals surface area (Å²) in [6.07, 6.45) is -1.01. The number of carbonyl (C=O) groups is 2. The van der Waals surface area contributed by atoms with E-state index in [4.69, 9.17) is 35.9 Å². The van der Waals surface area contributed by atoms with Crippen LogP contribution < -0.4 is 15.4 Å². The van der Waals surface area contributed by atoms with Crippen LogP contribution in [0.3, 0.4) is 0 Å². The third-order valence-electron chi connectivity index (χ3n) is 7.26. The van der Waals surface area contributed by atoms with E-state index in [2.05, 4.69) is 34.7 Å². The van der Waals surface area contributed by atoms with E-state index in [0.717, 1.165) is 33.2 Å². The zero-order valence-corrected chi connectivity index (χ0v) is 27.3. The number of anilines is 1. The van der Waals surface area contributed by atoms with Gasteiger partial charge in [0.05, 0.1) is 38.6 Å². The number of thiophene rings is 1. The number of nitrogens with one attached hydrogen (secondary N) is 2. The van der Waals surface area contributed by atoms with Crippen molar-refractivity contribution in [3.05, 3.63) is 86.8 Å². The van der Waals surface area contributed by atoms with Crippen molar-refractivity contribution in [3.63, 3.8) is 0 Å². The monoisotopic (exact) mass is 666 g/mol. The maximum Gasteiger partial charge on any atom is 0.404 e. The maximum atomic E-state index is 13.4. The first-order valence-corrected chi connectivity index (χ1v) is 15.9. The minimum atomic E-state index is -1.08. The minimum absolute atomic E-state index is 0.0670. The van der Waals surface area contributed by atoms with Gasteiger partial charge in [-0.05, 0) is 62.7 Å². The van der Waals surface area contributed by atoms with Crippen LogP contribution in [-0.4, -0.2) is 77.2 Å². The molecule has 5 rings (SSSR count). The van der Waals surface area contributed by atoms with Gasteiger partial charge in [0, 0.05) is 33.3 Å². The van der Waals surface area contributed by atoms with Crippen LogP contribution in [0.5, 0.6) is 5.75 Å². The number of aliphatic imine (C=N–C) groups is 1. The predicted octanol–water partition coefficient (Wildman–Crippen LogP) is 5.51. The highest BCUT2D eigenvalue weighted by molar-refractivity contribution is 7.15. The van der Waals surface area contributed by atoms with Gasteiger partial charge in [-0.25, -0.2) is 4.79 Å². The van der Waals surface area contributed by atoms with Crippen molar-refractivity contribution in [3.8, 4) is 10.8 Å². The van der Waals surface area contributed by atoms with E-state index in [1.165, 1.54) is 4.88 Å². The molecule has 0 aliphatic carbocycles. The molecule has 3 N–H and O–H groups in total. The van der Waals surface area contributed by atoms with Crippen molar-refractivity contribution in [1.82, 2.24) is 20.1 Å². The van der Waals surface area contributed by atoms with Crippen molar-refractivity contribution < 1.29 is 28.9 Å². The highest BCUT2D eigenvalue weighted by atomic mass is 35.5. The Balaban J connectivity index is 1.20. The first-order chi connectivity index (χ1) is 22.2. The lowest BCUT2D eigenvalue weighted by Gasteiger charge is -2.13. The number of aryl methyl sites for hydroxylation is 2.